The first-order chi connectivity index (χ1) is 12.6. The van der Waals surface area contributed by atoms with E-state index >= 15 is 0 Å². The Hall–Kier alpha value is -3.17. The third-order valence-electron chi connectivity index (χ3n) is 4.23. The average Bonchev–Trinajstić information content (AvgIpc) is 2.58. The van der Waals surface area contributed by atoms with Gasteiger partial charge in [0, 0.05) is 12.1 Å². The zero-order valence-corrected chi connectivity index (χ0v) is 15.1. The number of methoxy groups -OCH3 is 1. The standard InChI is InChI=1S/C17H20N2O8/c1-17(2,14-12(18-15(14)21)8-13(20)25-3)27-16(22)26-9-10-4-6-11(7-5-10)19(23)24/h4-7,12,14H,8-9H2,1-3H3,(H,18,21)/t12-,14-/m1/s1. The van der Waals surface area contributed by atoms with Gasteiger partial charge in [-0.2, -0.15) is 0 Å². The molecule has 1 aromatic carbocycles. The number of nitrogens with one attached hydrogen (secondary N) is 1. The molecule has 1 aliphatic heterocycles. The van der Waals surface area contributed by atoms with E-state index in [1.54, 1.807) is 13.8 Å². The van der Waals surface area contributed by atoms with E-state index < -0.39 is 34.6 Å². The van der Waals surface area contributed by atoms with Gasteiger partial charge >= 0.3 is 12.1 Å². The van der Waals surface area contributed by atoms with Crippen LogP contribution in [0.2, 0.25) is 0 Å². The summed E-state index contributed by atoms with van der Waals surface area (Å²) in [6.07, 6.45) is -1.02. The summed E-state index contributed by atoms with van der Waals surface area (Å²) in [4.78, 5) is 45.3. The lowest BCUT2D eigenvalue weighted by atomic mass is 9.76. The lowest BCUT2D eigenvalue weighted by Crippen LogP contribution is -2.66. The van der Waals surface area contributed by atoms with E-state index in [2.05, 4.69) is 10.1 Å². The molecule has 10 nitrogen and oxygen atoms in total. The average molecular weight is 380 g/mol. The number of hydrogen-bond donors (Lipinski definition) is 1. The number of nitro groups is 1. The van der Waals surface area contributed by atoms with Crippen molar-refractivity contribution in [3.05, 3.63) is 39.9 Å². The lowest BCUT2D eigenvalue weighted by Gasteiger charge is -2.44. The summed E-state index contributed by atoms with van der Waals surface area (Å²) in [6.45, 7) is 2.96. The fourth-order valence-electron chi connectivity index (χ4n) is 2.84. The highest BCUT2D eigenvalue weighted by Crippen LogP contribution is 2.33. The minimum absolute atomic E-state index is 0.0302. The van der Waals surface area contributed by atoms with Crippen molar-refractivity contribution in [2.24, 2.45) is 5.92 Å². The monoisotopic (exact) mass is 380 g/mol. The molecule has 1 aliphatic rings. The summed E-state index contributed by atoms with van der Waals surface area (Å²) in [5.74, 6) is -1.54. The number of carbonyl (C=O) groups excluding carboxylic acids is 3. The Morgan fingerprint density at radius 1 is 1.26 bits per heavy atom. The number of nitrogens with zero attached hydrogens (tertiary/aromatic N) is 1. The Kier molecular flexibility index (Phi) is 5.98. The van der Waals surface area contributed by atoms with Gasteiger partial charge in [-0.25, -0.2) is 4.79 Å². The first kappa shape index (κ1) is 20.1. The summed E-state index contributed by atoms with van der Waals surface area (Å²) >= 11 is 0. The summed E-state index contributed by atoms with van der Waals surface area (Å²) < 4.78 is 14.8. The van der Waals surface area contributed by atoms with E-state index in [9.17, 15) is 24.5 Å². The number of hydrogen-bond acceptors (Lipinski definition) is 8. The number of carbonyl (C=O) groups is 3. The Labute approximate surface area is 154 Å². The van der Waals surface area contributed by atoms with Crippen LogP contribution in [0.1, 0.15) is 25.8 Å². The van der Waals surface area contributed by atoms with Crippen LogP contribution in [0.5, 0.6) is 0 Å². The van der Waals surface area contributed by atoms with Crippen LogP contribution >= 0.6 is 0 Å². The highest BCUT2D eigenvalue weighted by Gasteiger charge is 2.52. The molecule has 0 unspecified atom stereocenters. The van der Waals surface area contributed by atoms with Crippen LogP contribution in [0.4, 0.5) is 10.5 Å². The maximum Gasteiger partial charge on any atom is 0.509 e. The fraction of sp³-hybridized carbons (Fsp3) is 0.471. The molecule has 1 aromatic rings. The smallest absolute Gasteiger partial charge is 0.469 e. The highest BCUT2D eigenvalue weighted by molar-refractivity contribution is 5.89. The van der Waals surface area contributed by atoms with E-state index in [4.69, 9.17) is 9.47 Å². The van der Waals surface area contributed by atoms with Crippen LogP contribution < -0.4 is 5.32 Å². The van der Waals surface area contributed by atoms with Gasteiger partial charge in [0.05, 0.1) is 30.4 Å². The normalized spacial score (nSPS) is 18.7. The fourth-order valence-corrected chi connectivity index (χ4v) is 2.84. The molecular formula is C17H20N2O8. The van der Waals surface area contributed by atoms with Gasteiger partial charge in [-0.05, 0) is 31.5 Å². The molecule has 1 heterocycles. The number of nitro benzene ring substituents is 1. The molecular weight excluding hydrogens is 360 g/mol. The van der Waals surface area contributed by atoms with Gasteiger partial charge in [-0.15, -0.1) is 0 Å². The first-order valence-electron chi connectivity index (χ1n) is 8.10. The zero-order valence-electron chi connectivity index (χ0n) is 15.1. The number of esters is 1. The summed E-state index contributed by atoms with van der Waals surface area (Å²) in [5.41, 5.74) is -0.733. The first-order valence-corrected chi connectivity index (χ1v) is 8.10. The van der Waals surface area contributed by atoms with Crippen LogP contribution in [0, 0.1) is 16.0 Å². The quantitative estimate of drug-likeness (QED) is 0.327. The maximum atomic E-state index is 12.0. The van der Waals surface area contributed by atoms with Gasteiger partial charge in [-0.3, -0.25) is 19.7 Å². The Balaban J connectivity index is 1.90. The number of ether oxygens (including phenoxy) is 3. The van der Waals surface area contributed by atoms with Gasteiger partial charge in [0.15, 0.2) is 0 Å². The number of rotatable bonds is 7. The van der Waals surface area contributed by atoms with Gasteiger partial charge < -0.3 is 19.5 Å². The predicted octanol–water partition coefficient (Wildman–Crippen LogP) is 1.70. The molecule has 1 fully saturated rings. The summed E-state index contributed by atoms with van der Waals surface area (Å²) in [6, 6.07) is 5.01. The van der Waals surface area contributed by atoms with Crippen molar-refractivity contribution >= 4 is 23.7 Å². The lowest BCUT2D eigenvalue weighted by molar-refractivity contribution is -0.384. The van der Waals surface area contributed by atoms with Gasteiger partial charge in [0.2, 0.25) is 5.91 Å². The minimum atomic E-state index is -1.20. The molecule has 1 saturated heterocycles. The van der Waals surface area contributed by atoms with E-state index in [0.717, 1.165) is 0 Å². The van der Waals surface area contributed by atoms with Gasteiger partial charge in [0.1, 0.15) is 12.2 Å². The molecule has 0 bridgehead atoms. The van der Waals surface area contributed by atoms with Crippen LogP contribution in [0.15, 0.2) is 24.3 Å². The highest BCUT2D eigenvalue weighted by atomic mass is 16.7. The van der Waals surface area contributed by atoms with E-state index in [1.807, 2.05) is 0 Å². The van der Waals surface area contributed by atoms with Crippen LogP contribution in [0.3, 0.4) is 0 Å². The Morgan fingerprint density at radius 2 is 1.89 bits per heavy atom. The SMILES string of the molecule is COC(=O)C[C@H]1NC(=O)[C@@H]1C(C)(C)OC(=O)OCc1ccc([N+](=O)[O-])cc1. The number of benzene rings is 1. The minimum Gasteiger partial charge on any atom is -0.469 e. The Morgan fingerprint density at radius 3 is 2.41 bits per heavy atom. The molecule has 0 aromatic heterocycles. The Bertz CT molecular complexity index is 744. The number of non-ortho nitro benzene ring substituents is 1. The van der Waals surface area contributed by atoms with Crippen molar-refractivity contribution in [1.82, 2.24) is 5.32 Å². The second kappa shape index (κ2) is 8.02. The zero-order chi connectivity index (χ0) is 20.2. The van der Waals surface area contributed by atoms with E-state index in [1.165, 1.54) is 31.4 Å². The molecule has 146 valence electrons. The van der Waals surface area contributed by atoms with Crippen LogP contribution in [-0.2, 0) is 30.4 Å². The molecule has 0 saturated carbocycles. The third kappa shape index (κ3) is 4.93. The number of amides is 1. The van der Waals surface area contributed by atoms with E-state index in [-0.39, 0.29) is 24.6 Å². The van der Waals surface area contributed by atoms with Gasteiger partial charge in [-0.1, -0.05) is 0 Å². The van der Waals surface area contributed by atoms with E-state index in [0.29, 0.717) is 5.56 Å². The molecule has 2 rings (SSSR count). The molecule has 0 aliphatic carbocycles. The van der Waals surface area contributed by atoms with Crippen molar-refractivity contribution in [2.75, 3.05) is 7.11 Å². The third-order valence-corrected chi connectivity index (χ3v) is 4.23. The molecule has 27 heavy (non-hydrogen) atoms. The molecule has 1 N–H and O–H groups in total. The van der Waals surface area contributed by atoms with Crippen molar-refractivity contribution < 1.29 is 33.5 Å². The van der Waals surface area contributed by atoms with Gasteiger partial charge in [0.25, 0.3) is 5.69 Å². The molecule has 0 spiro atoms. The molecule has 2 atom stereocenters. The molecule has 1 amide bonds. The predicted molar refractivity (Wildman–Crippen MR) is 90.5 cm³/mol. The second-order valence-electron chi connectivity index (χ2n) is 6.54. The van der Waals surface area contributed by atoms with Crippen LogP contribution in [-0.4, -0.2) is 41.7 Å². The van der Waals surface area contributed by atoms with Crippen molar-refractivity contribution in [3.8, 4) is 0 Å². The largest absolute Gasteiger partial charge is 0.509 e. The summed E-state index contributed by atoms with van der Waals surface area (Å²) in [5, 5.41) is 13.2. The van der Waals surface area contributed by atoms with Crippen molar-refractivity contribution in [1.29, 1.82) is 0 Å². The van der Waals surface area contributed by atoms with Crippen molar-refractivity contribution in [3.63, 3.8) is 0 Å². The number of β-lactam (4-membered cyclic amide) rings is 1. The molecule has 10 heteroatoms. The second-order valence-corrected chi connectivity index (χ2v) is 6.54. The van der Waals surface area contributed by atoms with Crippen molar-refractivity contribution in [2.45, 2.75) is 38.5 Å². The summed E-state index contributed by atoms with van der Waals surface area (Å²) in [7, 11) is 1.25. The topological polar surface area (TPSA) is 134 Å². The maximum absolute atomic E-state index is 12.0. The van der Waals surface area contributed by atoms with Crippen LogP contribution in [0.25, 0.3) is 0 Å². The molecule has 0 radical (unpaired) electrons.